The second-order valence-electron chi connectivity index (χ2n) is 10.9. The smallest absolute Gasteiger partial charge is 0.291 e. The second kappa shape index (κ2) is 12.6. The average Bonchev–Trinajstić information content (AvgIpc) is 3.44. The number of carbonyl (C=O) groups excluding carboxylic acids is 3. The van der Waals surface area contributed by atoms with Gasteiger partial charge in [-0.2, -0.15) is 0 Å². The highest BCUT2D eigenvalue weighted by Crippen LogP contribution is 2.26. The van der Waals surface area contributed by atoms with Gasteiger partial charge in [-0.3, -0.25) is 19.4 Å². The van der Waals surface area contributed by atoms with E-state index >= 15 is 0 Å². The molecule has 0 aliphatic carbocycles. The number of likely N-dealkylation sites (tertiary alicyclic amines) is 1. The molecule has 0 radical (unpaired) electrons. The van der Waals surface area contributed by atoms with Crippen LogP contribution in [0.2, 0.25) is 0 Å². The number of amides is 3. The lowest BCUT2D eigenvalue weighted by Gasteiger charge is -2.38. The maximum Gasteiger partial charge on any atom is 0.291 e. The Morgan fingerprint density at radius 2 is 1.84 bits per heavy atom. The van der Waals surface area contributed by atoms with Crippen molar-refractivity contribution in [2.75, 3.05) is 19.7 Å². The molecule has 0 spiro atoms. The summed E-state index contributed by atoms with van der Waals surface area (Å²) in [6.45, 7) is 4.50. The fourth-order valence-electron chi connectivity index (χ4n) is 5.34. The zero-order valence-electron chi connectivity index (χ0n) is 24.5. The summed E-state index contributed by atoms with van der Waals surface area (Å²) in [5.74, 6) is 0.990. The number of hydrogen-bond acceptors (Lipinski definition) is 8. The fourth-order valence-corrected chi connectivity index (χ4v) is 5.34. The number of aromatic nitrogens is 2. The van der Waals surface area contributed by atoms with Crippen LogP contribution in [0.25, 0.3) is 11.1 Å². The van der Waals surface area contributed by atoms with E-state index in [9.17, 15) is 14.4 Å². The highest BCUT2D eigenvalue weighted by atomic mass is 16.5. The number of aryl methyl sites for hydroxylation is 2. The predicted molar refractivity (Wildman–Crippen MR) is 160 cm³/mol. The normalized spacial score (nSPS) is 18.7. The minimum absolute atomic E-state index is 0.135. The molecule has 11 heteroatoms. The van der Waals surface area contributed by atoms with Gasteiger partial charge in [0.2, 0.25) is 5.76 Å². The third kappa shape index (κ3) is 6.41. The molecule has 226 valence electrons. The van der Waals surface area contributed by atoms with Crippen molar-refractivity contribution in [1.82, 2.24) is 25.5 Å². The minimum Gasteiger partial charge on any atom is -0.488 e. The molecular weight excluding hydrogens is 562 g/mol. The van der Waals surface area contributed by atoms with Gasteiger partial charge in [-0.25, -0.2) is 4.98 Å². The molecule has 3 aliphatic heterocycles. The van der Waals surface area contributed by atoms with Crippen molar-refractivity contribution in [3.05, 3.63) is 95.5 Å². The maximum atomic E-state index is 13.6. The number of pyridine rings is 1. The summed E-state index contributed by atoms with van der Waals surface area (Å²) < 4.78 is 17.8. The number of nitrogens with one attached hydrogen (secondary N) is 2. The fraction of sp³-hybridized carbons (Fsp3) is 0.303. The first-order valence-electron chi connectivity index (χ1n) is 14.6. The molecule has 0 saturated carbocycles. The zero-order valence-corrected chi connectivity index (χ0v) is 24.5. The Labute approximate surface area is 254 Å². The van der Waals surface area contributed by atoms with Crippen molar-refractivity contribution in [2.24, 2.45) is 0 Å². The van der Waals surface area contributed by atoms with Crippen LogP contribution in [0.4, 0.5) is 0 Å². The van der Waals surface area contributed by atoms with E-state index in [1.807, 2.05) is 43.3 Å². The van der Waals surface area contributed by atoms with Gasteiger partial charge < -0.3 is 29.4 Å². The Morgan fingerprint density at radius 3 is 2.64 bits per heavy atom. The standard InChI is InChI=1S/C33H33N5O6/c1-3-30-36-20(2)31(44-30)33(41)38-12-11-28-27(18-38)37-32(40)24-13-23(16-34-17-24)22-5-4-6-26(14-22)42-19-29(39)35-15-21-7-9-25(43-28)10-8-21/h4-10,13-14,16-17,27-28H,3,11-12,15,18-19H2,1-2H3,(H,35,39)(H,37,40)/t27-,28+/m1/s1. The van der Waals surface area contributed by atoms with Crippen LogP contribution in [0.5, 0.6) is 11.5 Å². The summed E-state index contributed by atoms with van der Waals surface area (Å²) in [6.07, 6.45) is 3.81. The van der Waals surface area contributed by atoms with E-state index in [1.165, 1.54) is 6.20 Å². The second-order valence-corrected chi connectivity index (χ2v) is 10.9. The largest absolute Gasteiger partial charge is 0.488 e. The molecule has 2 aromatic carbocycles. The third-order valence-corrected chi connectivity index (χ3v) is 7.73. The molecule has 7 rings (SSSR count). The summed E-state index contributed by atoms with van der Waals surface area (Å²) in [7, 11) is 0. The monoisotopic (exact) mass is 595 g/mol. The first-order valence-corrected chi connectivity index (χ1v) is 14.6. The molecule has 1 fully saturated rings. The summed E-state index contributed by atoms with van der Waals surface area (Å²) in [5, 5.41) is 5.97. The van der Waals surface area contributed by atoms with Crippen molar-refractivity contribution in [1.29, 1.82) is 0 Å². The van der Waals surface area contributed by atoms with Gasteiger partial charge in [0.1, 0.15) is 17.6 Å². The van der Waals surface area contributed by atoms with Gasteiger partial charge >= 0.3 is 0 Å². The zero-order chi connectivity index (χ0) is 30.6. The number of piperidine rings is 1. The van der Waals surface area contributed by atoms with E-state index in [-0.39, 0.29) is 36.6 Å². The van der Waals surface area contributed by atoms with Crippen LogP contribution in [-0.2, 0) is 17.8 Å². The molecule has 6 bridgehead atoms. The number of carbonyl (C=O) groups is 3. The van der Waals surface area contributed by atoms with Crippen LogP contribution in [-0.4, -0.2) is 64.4 Å². The molecule has 5 heterocycles. The Hall–Kier alpha value is -5.19. The lowest BCUT2D eigenvalue weighted by atomic mass is 10.00. The van der Waals surface area contributed by atoms with Gasteiger partial charge in [0.05, 0.1) is 17.3 Å². The topological polar surface area (TPSA) is 136 Å². The van der Waals surface area contributed by atoms with Crippen LogP contribution in [0.15, 0.2) is 71.4 Å². The lowest BCUT2D eigenvalue weighted by Crippen LogP contribution is -2.58. The first kappa shape index (κ1) is 28.9. The van der Waals surface area contributed by atoms with Gasteiger partial charge in [-0.15, -0.1) is 0 Å². The summed E-state index contributed by atoms with van der Waals surface area (Å²) in [4.78, 5) is 49.9. The van der Waals surface area contributed by atoms with Crippen molar-refractivity contribution < 1.29 is 28.3 Å². The van der Waals surface area contributed by atoms with Crippen molar-refractivity contribution in [2.45, 2.75) is 45.4 Å². The maximum absolute atomic E-state index is 13.6. The molecular formula is C33H33N5O6. The number of nitrogens with zero attached hydrogens (tertiary/aromatic N) is 3. The van der Waals surface area contributed by atoms with Gasteiger partial charge in [0.25, 0.3) is 17.7 Å². The molecule has 0 unspecified atom stereocenters. The van der Waals surface area contributed by atoms with Crippen molar-refractivity contribution in [3.8, 4) is 22.6 Å². The molecule has 11 nitrogen and oxygen atoms in total. The lowest BCUT2D eigenvalue weighted by molar-refractivity contribution is -0.123. The van der Waals surface area contributed by atoms with Crippen molar-refractivity contribution in [3.63, 3.8) is 0 Å². The van der Waals surface area contributed by atoms with E-state index < -0.39 is 12.1 Å². The van der Waals surface area contributed by atoms with Gasteiger partial charge in [-0.1, -0.05) is 31.2 Å². The van der Waals surface area contributed by atoms with Crippen LogP contribution in [0, 0.1) is 6.92 Å². The molecule has 44 heavy (non-hydrogen) atoms. The first-order chi connectivity index (χ1) is 21.4. The number of ether oxygens (including phenoxy) is 2. The van der Waals surface area contributed by atoms with Crippen LogP contribution in [0.3, 0.4) is 0 Å². The molecule has 2 aromatic heterocycles. The Balaban J connectivity index is 1.31. The van der Waals surface area contributed by atoms with E-state index in [0.29, 0.717) is 60.1 Å². The third-order valence-electron chi connectivity index (χ3n) is 7.73. The van der Waals surface area contributed by atoms with Crippen LogP contribution in [0.1, 0.15) is 51.4 Å². The highest BCUT2D eigenvalue weighted by molar-refractivity contribution is 5.96. The average molecular weight is 596 g/mol. The summed E-state index contributed by atoms with van der Waals surface area (Å²) in [5.41, 5.74) is 3.28. The number of oxazole rings is 1. The quantitative estimate of drug-likeness (QED) is 0.358. The van der Waals surface area contributed by atoms with Gasteiger partial charge in [0.15, 0.2) is 12.5 Å². The summed E-state index contributed by atoms with van der Waals surface area (Å²) in [6, 6.07) is 15.9. The number of rotatable bonds is 2. The SMILES string of the molecule is CCc1nc(C)c(C(=O)N2CC[C@@H]3Oc4ccc(cc4)CNC(=O)COc4cccc(c4)-c4cncc(c4)C(=O)N[C@@H]3C2)o1. The molecule has 2 N–H and O–H groups in total. The molecule has 3 aliphatic rings. The van der Waals surface area contributed by atoms with Gasteiger partial charge in [0, 0.05) is 50.4 Å². The molecule has 1 saturated heterocycles. The Kier molecular flexibility index (Phi) is 8.27. The molecule has 3 amide bonds. The van der Waals surface area contributed by atoms with Crippen LogP contribution < -0.4 is 20.1 Å². The van der Waals surface area contributed by atoms with E-state index in [0.717, 1.165) is 11.1 Å². The number of fused-ring (bicyclic) bond motifs is 7. The van der Waals surface area contributed by atoms with E-state index in [1.54, 1.807) is 36.2 Å². The predicted octanol–water partition coefficient (Wildman–Crippen LogP) is 3.71. The number of hydrogen-bond donors (Lipinski definition) is 2. The minimum atomic E-state index is -0.529. The highest BCUT2D eigenvalue weighted by Gasteiger charge is 2.36. The number of benzene rings is 2. The Bertz CT molecular complexity index is 1680. The summed E-state index contributed by atoms with van der Waals surface area (Å²) >= 11 is 0. The van der Waals surface area contributed by atoms with Gasteiger partial charge in [-0.05, 0) is 48.4 Å². The van der Waals surface area contributed by atoms with E-state index in [2.05, 4.69) is 20.6 Å². The van der Waals surface area contributed by atoms with Crippen LogP contribution >= 0.6 is 0 Å². The van der Waals surface area contributed by atoms with E-state index in [4.69, 9.17) is 13.9 Å². The molecule has 2 atom stereocenters. The van der Waals surface area contributed by atoms with Crippen molar-refractivity contribution >= 4 is 17.7 Å². The molecule has 4 aromatic rings. The Morgan fingerprint density at radius 1 is 1.02 bits per heavy atom.